The molecular weight excluding hydrogens is 254 g/mol. The van der Waals surface area contributed by atoms with Crippen molar-refractivity contribution in [2.45, 2.75) is 50.6 Å². The molecule has 0 bridgehead atoms. The minimum atomic E-state index is -0.921. The molecule has 0 saturated heterocycles. The number of benzene rings is 1. The molecular formula is C16H23NO3. The van der Waals surface area contributed by atoms with Crippen LogP contribution in [0.2, 0.25) is 0 Å². The number of carbonyl (C=O) groups is 1. The van der Waals surface area contributed by atoms with Crippen molar-refractivity contribution in [2.75, 3.05) is 7.11 Å². The number of nitrogens with one attached hydrogen (secondary N) is 1. The quantitative estimate of drug-likeness (QED) is 0.831. The summed E-state index contributed by atoms with van der Waals surface area (Å²) in [6.07, 6.45) is 5.79. The van der Waals surface area contributed by atoms with Crippen LogP contribution in [-0.2, 0) is 15.1 Å². The summed E-state index contributed by atoms with van der Waals surface area (Å²) in [4.78, 5) is 12.3. The van der Waals surface area contributed by atoms with Gasteiger partial charge in [-0.25, -0.2) is 4.79 Å². The molecule has 0 spiro atoms. The first-order valence-corrected chi connectivity index (χ1v) is 7.22. The van der Waals surface area contributed by atoms with Gasteiger partial charge in [-0.3, -0.25) is 5.32 Å². The zero-order chi connectivity index (χ0) is 14.6. The predicted octanol–water partition coefficient (Wildman–Crippen LogP) is 2.70. The van der Waals surface area contributed by atoms with Crippen molar-refractivity contribution in [2.24, 2.45) is 0 Å². The molecule has 1 aromatic rings. The number of aromatic hydroxyl groups is 1. The Morgan fingerprint density at radius 1 is 1.35 bits per heavy atom. The Morgan fingerprint density at radius 3 is 2.65 bits per heavy atom. The molecule has 1 atom stereocenters. The maximum atomic E-state index is 12.3. The molecule has 1 aromatic carbocycles. The van der Waals surface area contributed by atoms with E-state index in [1.54, 1.807) is 18.2 Å². The summed E-state index contributed by atoms with van der Waals surface area (Å²) in [5.41, 5.74) is -0.190. The van der Waals surface area contributed by atoms with Crippen LogP contribution in [0.3, 0.4) is 0 Å². The zero-order valence-corrected chi connectivity index (χ0v) is 12.2. The highest BCUT2D eigenvalue weighted by Crippen LogP contribution is 2.29. The van der Waals surface area contributed by atoms with Gasteiger partial charge < -0.3 is 9.84 Å². The van der Waals surface area contributed by atoms with Crippen molar-refractivity contribution < 1.29 is 14.6 Å². The van der Waals surface area contributed by atoms with E-state index in [0.717, 1.165) is 18.4 Å². The zero-order valence-electron chi connectivity index (χ0n) is 12.2. The Labute approximate surface area is 120 Å². The summed E-state index contributed by atoms with van der Waals surface area (Å²) in [6, 6.07) is 7.12. The molecule has 0 aromatic heterocycles. The fourth-order valence-electron chi connectivity index (χ4n) is 2.94. The average molecular weight is 277 g/mol. The maximum Gasteiger partial charge on any atom is 0.330 e. The highest BCUT2D eigenvalue weighted by molar-refractivity contribution is 5.82. The highest BCUT2D eigenvalue weighted by Gasteiger charge is 2.38. The Hall–Kier alpha value is -1.55. The molecule has 2 N–H and O–H groups in total. The summed E-state index contributed by atoms with van der Waals surface area (Å²) in [7, 11) is 1.39. The largest absolute Gasteiger partial charge is 0.508 e. The lowest BCUT2D eigenvalue weighted by molar-refractivity contribution is -0.148. The van der Waals surface area contributed by atoms with E-state index in [0.29, 0.717) is 6.04 Å². The first-order chi connectivity index (χ1) is 9.56. The number of rotatable bonds is 4. The molecule has 0 aliphatic heterocycles. The van der Waals surface area contributed by atoms with Crippen LogP contribution in [0.4, 0.5) is 0 Å². The highest BCUT2D eigenvalue weighted by atomic mass is 16.5. The summed E-state index contributed by atoms with van der Waals surface area (Å²) in [5, 5.41) is 13.1. The summed E-state index contributed by atoms with van der Waals surface area (Å²) >= 11 is 0. The Balaban J connectivity index is 2.27. The standard InChI is InChI=1S/C16H23NO3/c1-16(15(19)20-2,12-7-6-10-14(18)11-12)17-13-8-4-3-5-9-13/h6-7,10-11,13,17-18H,3-5,8-9H2,1-2H3. The SMILES string of the molecule is COC(=O)C(C)(NC1CCCCC1)c1cccc(O)c1. The number of hydrogen-bond acceptors (Lipinski definition) is 4. The molecule has 1 aliphatic carbocycles. The van der Waals surface area contributed by atoms with Gasteiger partial charge in [0.2, 0.25) is 0 Å². The van der Waals surface area contributed by atoms with E-state index < -0.39 is 5.54 Å². The number of ether oxygens (including phenoxy) is 1. The van der Waals surface area contributed by atoms with Crippen molar-refractivity contribution in [3.63, 3.8) is 0 Å². The summed E-state index contributed by atoms with van der Waals surface area (Å²) in [6.45, 7) is 1.82. The molecule has 4 nitrogen and oxygen atoms in total. The number of esters is 1. The number of carbonyl (C=O) groups excluding carboxylic acids is 1. The normalized spacial score (nSPS) is 19.3. The van der Waals surface area contributed by atoms with Crippen molar-refractivity contribution in [3.05, 3.63) is 29.8 Å². The average Bonchev–Trinajstić information content (AvgIpc) is 2.47. The monoisotopic (exact) mass is 277 g/mol. The van der Waals surface area contributed by atoms with Crippen molar-refractivity contribution in [3.8, 4) is 5.75 Å². The Kier molecular flexibility index (Phi) is 4.65. The topological polar surface area (TPSA) is 58.6 Å². The third kappa shape index (κ3) is 3.12. The second-order valence-electron chi connectivity index (χ2n) is 5.65. The van der Waals surface area contributed by atoms with Crippen LogP contribution in [0.5, 0.6) is 5.75 Å². The molecule has 2 rings (SSSR count). The lowest BCUT2D eigenvalue weighted by Gasteiger charge is -2.35. The number of phenolic OH excluding ortho intramolecular Hbond substituents is 1. The fourth-order valence-corrected chi connectivity index (χ4v) is 2.94. The van der Waals surface area contributed by atoms with Crippen LogP contribution in [0.15, 0.2) is 24.3 Å². The molecule has 20 heavy (non-hydrogen) atoms. The van der Waals surface area contributed by atoms with Gasteiger partial charge in [0.25, 0.3) is 0 Å². The molecule has 4 heteroatoms. The molecule has 1 fully saturated rings. The third-order valence-corrected chi connectivity index (χ3v) is 4.12. The van der Waals surface area contributed by atoms with E-state index in [1.165, 1.54) is 26.4 Å². The number of phenols is 1. The predicted molar refractivity (Wildman–Crippen MR) is 77.5 cm³/mol. The minimum Gasteiger partial charge on any atom is -0.508 e. The van der Waals surface area contributed by atoms with Gasteiger partial charge in [-0.05, 0) is 37.5 Å². The second-order valence-corrected chi connectivity index (χ2v) is 5.65. The minimum absolute atomic E-state index is 0.156. The molecule has 110 valence electrons. The lowest BCUT2D eigenvalue weighted by atomic mass is 9.87. The van der Waals surface area contributed by atoms with Crippen molar-refractivity contribution in [1.82, 2.24) is 5.32 Å². The molecule has 0 radical (unpaired) electrons. The Morgan fingerprint density at radius 2 is 2.05 bits per heavy atom. The first-order valence-electron chi connectivity index (χ1n) is 7.22. The van der Waals surface area contributed by atoms with E-state index >= 15 is 0 Å². The van der Waals surface area contributed by atoms with Crippen LogP contribution in [0.25, 0.3) is 0 Å². The molecule has 1 saturated carbocycles. The van der Waals surface area contributed by atoms with Crippen LogP contribution in [0, 0.1) is 0 Å². The lowest BCUT2D eigenvalue weighted by Crippen LogP contribution is -2.52. The van der Waals surface area contributed by atoms with Gasteiger partial charge in [-0.1, -0.05) is 31.4 Å². The first kappa shape index (κ1) is 14.9. The second kappa shape index (κ2) is 6.27. The molecule has 0 heterocycles. The number of methoxy groups -OCH3 is 1. The van der Waals surface area contributed by atoms with Crippen LogP contribution in [-0.4, -0.2) is 24.2 Å². The maximum absolute atomic E-state index is 12.3. The van der Waals surface area contributed by atoms with Crippen LogP contribution >= 0.6 is 0 Å². The van der Waals surface area contributed by atoms with Gasteiger partial charge in [-0.2, -0.15) is 0 Å². The van der Waals surface area contributed by atoms with Crippen molar-refractivity contribution >= 4 is 5.97 Å². The van der Waals surface area contributed by atoms with Gasteiger partial charge >= 0.3 is 5.97 Å². The van der Waals surface area contributed by atoms with E-state index in [1.807, 2.05) is 13.0 Å². The van der Waals surface area contributed by atoms with E-state index in [4.69, 9.17) is 4.74 Å². The van der Waals surface area contributed by atoms with Crippen molar-refractivity contribution in [1.29, 1.82) is 0 Å². The van der Waals surface area contributed by atoms with Crippen LogP contribution in [0.1, 0.15) is 44.6 Å². The van der Waals surface area contributed by atoms with Gasteiger partial charge in [-0.15, -0.1) is 0 Å². The Bertz CT molecular complexity index is 469. The summed E-state index contributed by atoms with van der Waals surface area (Å²) < 4.78 is 4.97. The van der Waals surface area contributed by atoms with E-state index in [2.05, 4.69) is 5.32 Å². The van der Waals surface area contributed by atoms with Gasteiger partial charge in [0.05, 0.1) is 7.11 Å². The molecule has 1 aliphatic rings. The van der Waals surface area contributed by atoms with Gasteiger partial charge in [0.15, 0.2) is 0 Å². The van der Waals surface area contributed by atoms with E-state index in [-0.39, 0.29) is 11.7 Å². The van der Waals surface area contributed by atoms with E-state index in [9.17, 15) is 9.90 Å². The third-order valence-electron chi connectivity index (χ3n) is 4.12. The summed E-state index contributed by atoms with van der Waals surface area (Å²) in [5.74, 6) is -0.170. The van der Waals surface area contributed by atoms with Gasteiger partial charge in [0, 0.05) is 6.04 Å². The van der Waals surface area contributed by atoms with Gasteiger partial charge in [0.1, 0.15) is 11.3 Å². The molecule has 0 amide bonds. The smallest absolute Gasteiger partial charge is 0.330 e. The number of hydrogen-bond donors (Lipinski definition) is 2. The fraction of sp³-hybridized carbons (Fsp3) is 0.562. The molecule has 1 unspecified atom stereocenters. The van der Waals surface area contributed by atoms with Crippen LogP contribution < -0.4 is 5.32 Å².